The molecule has 0 radical (unpaired) electrons. The second-order valence-electron chi connectivity index (χ2n) is 5.88. The molecule has 0 saturated carbocycles. The van der Waals surface area contributed by atoms with Crippen molar-refractivity contribution in [3.63, 3.8) is 0 Å². The Hall–Kier alpha value is -1.58. The van der Waals surface area contributed by atoms with E-state index in [9.17, 15) is 13.2 Å². The average Bonchev–Trinajstić information content (AvgIpc) is 2.92. The van der Waals surface area contributed by atoms with Gasteiger partial charge in [-0.2, -0.15) is 0 Å². The summed E-state index contributed by atoms with van der Waals surface area (Å²) in [5.41, 5.74) is 0.931. The van der Waals surface area contributed by atoms with E-state index in [0.29, 0.717) is 28.8 Å². The van der Waals surface area contributed by atoms with Gasteiger partial charge in [0.15, 0.2) is 5.58 Å². The number of carbonyl (C=O) groups excluding carboxylic acids is 1. The molecular weight excluding hydrogens is 350 g/mol. The first-order valence-electron chi connectivity index (χ1n) is 7.42. The van der Waals surface area contributed by atoms with Crippen LogP contribution >= 0.6 is 11.8 Å². The van der Waals surface area contributed by atoms with Crippen LogP contribution in [0.2, 0.25) is 0 Å². The van der Waals surface area contributed by atoms with Crippen LogP contribution in [0.3, 0.4) is 0 Å². The van der Waals surface area contributed by atoms with Crippen LogP contribution in [0.5, 0.6) is 0 Å². The summed E-state index contributed by atoms with van der Waals surface area (Å²) in [5, 5.41) is 3.15. The number of carbonyl (C=O) groups is 1. The normalized spacial score (nSPS) is 12.2. The zero-order chi connectivity index (χ0) is 17.9. The number of amides is 1. The van der Waals surface area contributed by atoms with Gasteiger partial charge >= 0.3 is 0 Å². The summed E-state index contributed by atoms with van der Waals surface area (Å²) >= 11 is 1.18. The first-order valence-corrected chi connectivity index (χ1v) is 9.85. The van der Waals surface area contributed by atoms with Gasteiger partial charge in [-0.15, -0.1) is 0 Å². The summed E-state index contributed by atoms with van der Waals surface area (Å²) in [6, 6.07) is 4.52. The molecule has 0 unspecified atom stereocenters. The molecule has 0 aliphatic rings. The lowest BCUT2D eigenvalue weighted by Crippen LogP contribution is -2.28. The zero-order valence-corrected chi connectivity index (χ0v) is 15.7. The number of hydrogen-bond donors (Lipinski definition) is 1. The van der Waals surface area contributed by atoms with Gasteiger partial charge in [0.05, 0.1) is 10.6 Å². The van der Waals surface area contributed by atoms with Gasteiger partial charge in [0.2, 0.25) is 15.9 Å². The Labute approximate surface area is 145 Å². The predicted octanol–water partition coefficient (Wildman–Crippen LogP) is 1.94. The molecule has 24 heavy (non-hydrogen) atoms. The molecule has 2 rings (SSSR count). The Bertz CT molecular complexity index is 828. The molecule has 1 aromatic carbocycles. The predicted molar refractivity (Wildman–Crippen MR) is 93.5 cm³/mol. The maximum absolute atomic E-state index is 12.1. The lowest BCUT2D eigenvalue weighted by molar-refractivity contribution is -0.118. The Balaban J connectivity index is 2.10. The number of oxazole rings is 1. The molecule has 0 fully saturated rings. The summed E-state index contributed by atoms with van der Waals surface area (Å²) < 4.78 is 30.9. The van der Waals surface area contributed by atoms with Gasteiger partial charge in [-0.05, 0) is 24.1 Å². The number of aromatic nitrogens is 1. The summed E-state index contributed by atoms with van der Waals surface area (Å²) in [4.78, 5) is 16.1. The van der Waals surface area contributed by atoms with Crippen molar-refractivity contribution in [1.82, 2.24) is 14.6 Å². The van der Waals surface area contributed by atoms with Crippen molar-refractivity contribution >= 4 is 38.8 Å². The minimum Gasteiger partial charge on any atom is -0.431 e. The van der Waals surface area contributed by atoms with Gasteiger partial charge in [0.25, 0.3) is 5.22 Å². The number of benzene rings is 1. The molecule has 0 saturated heterocycles. The highest BCUT2D eigenvalue weighted by atomic mass is 32.2. The van der Waals surface area contributed by atoms with Gasteiger partial charge in [0.1, 0.15) is 5.52 Å². The number of nitrogens with one attached hydrogen (secondary N) is 1. The molecule has 2 aromatic rings. The molecular formula is C15H21N3O4S2. The Kier molecular flexibility index (Phi) is 5.89. The topological polar surface area (TPSA) is 92.5 Å². The summed E-state index contributed by atoms with van der Waals surface area (Å²) in [6.07, 6.45) is 0. The monoisotopic (exact) mass is 371 g/mol. The third-order valence-corrected chi connectivity index (χ3v) is 5.79. The fourth-order valence-electron chi connectivity index (χ4n) is 1.82. The van der Waals surface area contributed by atoms with E-state index in [1.807, 2.05) is 13.8 Å². The zero-order valence-electron chi connectivity index (χ0n) is 14.1. The fraction of sp³-hybridized carbons (Fsp3) is 0.467. The molecule has 1 aromatic heterocycles. The van der Waals surface area contributed by atoms with Crippen molar-refractivity contribution in [3.05, 3.63) is 18.2 Å². The minimum atomic E-state index is -3.52. The number of rotatable bonds is 7. The quantitative estimate of drug-likeness (QED) is 0.748. The summed E-state index contributed by atoms with van der Waals surface area (Å²) in [7, 11) is -0.576. The average molecular weight is 371 g/mol. The smallest absolute Gasteiger partial charge is 0.257 e. The number of hydrogen-bond acceptors (Lipinski definition) is 6. The highest BCUT2D eigenvalue weighted by Crippen LogP contribution is 2.26. The number of nitrogens with zero attached hydrogens (tertiary/aromatic N) is 2. The Morgan fingerprint density at radius 2 is 2.08 bits per heavy atom. The van der Waals surface area contributed by atoms with E-state index in [4.69, 9.17) is 4.42 Å². The van der Waals surface area contributed by atoms with Crippen molar-refractivity contribution in [2.24, 2.45) is 5.92 Å². The van der Waals surface area contributed by atoms with E-state index in [0.717, 1.165) is 4.31 Å². The molecule has 0 bridgehead atoms. The first-order chi connectivity index (χ1) is 11.2. The van der Waals surface area contributed by atoms with E-state index >= 15 is 0 Å². The summed E-state index contributed by atoms with van der Waals surface area (Å²) in [5.74, 6) is 0.495. The van der Waals surface area contributed by atoms with E-state index in [1.54, 1.807) is 6.07 Å². The molecule has 9 heteroatoms. The minimum absolute atomic E-state index is 0.0909. The van der Waals surface area contributed by atoms with Crippen LogP contribution in [-0.4, -0.2) is 50.0 Å². The number of fused-ring (bicyclic) bond motifs is 1. The van der Waals surface area contributed by atoms with Crippen molar-refractivity contribution in [2.45, 2.75) is 24.0 Å². The number of sulfonamides is 1. The van der Waals surface area contributed by atoms with Crippen LogP contribution in [0.15, 0.2) is 32.7 Å². The molecule has 1 heterocycles. The van der Waals surface area contributed by atoms with Gasteiger partial charge in [0, 0.05) is 20.6 Å². The van der Waals surface area contributed by atoms with E-state index in [-0.39, 0.29) is 16.6 Å². The van der Waals surface area contributed by atoms with Crippen LogP contribution < -0.4 is 5.32 Å². The maximum Gasteiger partial charge on any atom is 0.257 e. The van der Waals surface area contributed by atoms with Crippen LogP contribution in [0.1, 0.15) is 13.8 Å². The second kappa shape index (κ2) is 7.54. The molecule has 1 amide bonds. The largest absolute Gasteiger partial charge is 0.431 e. The molecule has 132 valence electrons. The molecule has 0 aliphatic heterocycles. The SMILES string of the molecule is CC(C)CNC(=O)CSc1nc2cc(S(=O)(=O)N(C)C)ccc2o1. The lowest BCUT2D eigenvalue weighted by atomic mass is 10.2. The highest BCUT2D eigenvalue weighted by molar-refractivity contribution is 7.99. The third kappa shape index (κ3) is 4.49. The Morgan fingerprint density at radius 1 is 1.38 bits per heavy atom. The second-order valence-corrected chi connectivity index (χ2v) is 8.96. The molecule has 0 aliphatic carbocycles. The van der Waals surface area contributed by atoms with Crippen LogP contribution in [0.25, 0.3) is 11.1 Å². The van der Waals surface area contributed by atoms with Crippen LogP contribution in [0.4, 0.5) is 0 Å². The Morgan fingerprint density at radius 3 is 2.71 bits per heavy atom. The van der Waals surface area contributed by atoms with Crippen molar-refractivity contribution < 1.29 is 17.6 Å². The van der Waals surface area contributed by atoms with Gasteiger partial charge < -0.3 is 9.73 Å². The molecule has 1 N–H and O–H groups in total. The maximum atomic E-state index is 12.1. The van der Waals surface area contributed by atoms with Gasteiger partial charge in [-0.1, -0.05) is 25.6 Å². The van der Waals surface area contributed by atoms with Crippen molar-refractivity contribution in [1.29, 1.82) is 0 Å². The number of thioether (sulfide) groups is 1. The third-order valence-electron chi connectivity index (χ3n) is 3.15. The van der Waals surface area contributed by atoms with Gasteiger partial charge in [-0.25, -0.2) is 17.7 Å². The van der Waals surface area contributed by atoms with E-state index < -0.39 is 10.0 Å². The van der Waals surface area contributed by atoms with Crippen LogP contribution in [0, 0.1) is 5.92 Å². The first kappa shape index (κ1) is 18.8. The van der Waals surface area contributed by atoms with Crippen molar-refractivity contribution in [3.8, 4) is 0 Å². The standard InChI is InChI=1S/C15H21N3O4S2/c1-10(2)8-16-14(19)9-23-15-17-12-7-11(5-6-13(12)22-15)24(20,21)18(3)4/h5-7,10H,8-9H2,1-4H3,(H,16,19). The van der Waals surface area contributed by atoms with Crippen molar-refractivity contribution in [2.75, 3.05) is 26.4 Å². The molecule has 7 nitrogen and oxygen atoms in total. The summed E-state index contributed by atoms with van der Waals surface area (Å²) in [6.45, 7) is 4.67. The van der Waals surface area contributed by atoms with Gasteiger partial charge in [-0.3, -0.25) is 4.79 Å². The van der Waals surface area contributed by atoms with E-state index in [1.165, 1.54) is 38.0 Å². The molecule has 0 spiro atoms. The van der Waals surface area contributed by atoms with Crippen LogP contribution in [-0.2, 0) is 14.8 Å². The fourth-order valence-corrected chi connectivity index (χ4v) is 3.41. The lowest BCUT2D eigenvalue weighted by Gasteiger charge is -2.10. The highest BCUT2D eigenvalue weighted by Gasteiger charge is 2.19. The van der Waals surface area contributed by atoms with E-state index in [2.05, 4.69) is 10.3 Å². The molecule has 0 atom stereocenters.